The van der Waals surface area contributed by atoms with E-state index in [1.165, 1.54) is 32.2 Å². The number of aromatic nitrogens is 1. The molecule has 0 spiro atoms. The fourth-order valence-electron chi connectivity index (χ4n) is 4.33. The van der Waals surface area contributed by atoms with Gasteiger partial charge in [-0.2, -0.15) is 0 Å². The lowest BCUT2D eigenvalue weighted by molar-refractivity contribution is 0.216. The third kappa shape index (κ3) is 3.49. The van der Waals surface area contributed by atoms with E-state index < -0.39 is 0 Å². The normalized spacial score (nSPS) is 27.6. The van der Waals surface area contributed by atoms with Gasteiger partial charge in [0.1, 0.15) is 0 Å². The molecule has 2 N–H and O–H groups in total. The summed E-state index contributed by atoms with van der Waals surface area (Å²) in [6.07, 6.45) is 8.62. The van der Waals surface area contributed by atoms with Crippen LogP contribution in [0.15, 0.2) is 23.1 Å². The van der Waals surface area contributed by atoms with Crippen molar-refractivity contribution in [3.05, 3.63) is 28.7 Å². The Hall–Kier alpha value is -1.29. The van der Waals surface area contributed by atoms with E-state index in [1.54, 1.807) is 22.9 Å². The molecule has 2 aliphatic rings. The van der Waals surface area contributed by atoms with Gasteiger partial charge in [-0.15, -0.1) is 0 Å². The van der Waals surface area contributed by atoms with Crippen LogP contribution in [-0.2, 0) is 6.54 Å². The number of rotatable bonds is 6. The lowest BCUT2D eigenvalue weighted by atomic mass is 9.88. The minimum absolute atomic E-state index is 0.0416. The van der Waals surface area contributed by atoms with Crippen molar-refractivity contribution in [1.29, 1.82) is 0 Å². The number of nitrogen functional groups attached to an aromatic ring is 1. The molecule has 1 aromatic heterocycles. The van der Waals surface area contributed by atoms with Gasteiger partial charge >= 0.3 is 0 Å². The van der Waals surface area contributed by atoms with E-state index >= 15 is 0 Å². The van der Waals surface area contributed by atoms with Crippen LogP contribution in [0.1, 0.15) is 32.1 Å². The fraction of sp³-hybridized carbons (Fsp3) is 0.706. The summed E-state index contributed by atoms with van der Waals surface area (Å²) in [4.78, 5) is 14.2. The first-order valence-electron chi connectivity index (χ1n) is 8.26. The predicted molar refractivity (Wildman–Crippen MR) is 86.2 cm³/mol. The van der Waals surface area contributed by atoms with Gasteiger partial charge in [0.2, 0.25) is 0 Å². The quantitative estimate of drug-likeness (QED) is 0.873. The minimum atomic E-state index is 0.0416. The molecule has 2 bridgehead atoms. The summed E-state index contributed by atoms with van der Waals surface area (Å²) in [7, 11) is 2.22. The molecule has 0 aromatic carbocycles. The van der Waals surface area contributed by atoms with Crippen LogP contribution in [0.4, 0.5) is 5.69 Å². The zero-order chi connectivity index (χ0) is 14.8. The van der Waals surface area contributed by atoms with Gasteiger partial charge in [-0.25, -0.2) is 0 Å². The average molecular weight is 289 g/mol. The molecule has 0 aliphatic heterocycles. The number of hydrogen-bond acceptors (Lipinski definition) is 3. The van der Waals surface area contributed by atoms with E-state index in [-0.39, 0.29) is 5.56 Å². The standard InChI is InChI=1S/C17H27N3O/c1-19(11-15-10-13-3-4-14(15)9-13)7-2-8-20-12-16(18)5-6-17(20)21/h5-6,12-15H,2-4,7-11,18H2,1H3. The molecule has 0 radical (unpaired) electrons. The topological polar surface area (TPSA) is 51.3 Å². The molecular weight excluding hydrogens is 262 g/mol. The van der Waals surface area contributed by atoms with Gasteiger partial charge in [0.05, 0.1) is 0 Å². The highest BCUT2D eigenvalue weighted by atomic mass is 16.1. The number of fused-ring (bicyclic) bond motifs is 2. The maximum absolute atomic E-state index is 11.7. The van der Waals surface area contributed by atoms with E-state index in [4.69, 9.17) is 5.73 Å². The number of anilines is 1. The summed E-state index contributed by atoms with van der Waals surface area (Å²) in [5.74, 6) is 2.94. The molecule has 1 aromatic rings. The third-order valence-corrected chi connectivity index (χ3v) is 5.38. The molecule has 116 valence electrons. The summed E-state index contributed by atoms with van der Waals surface area (Å²) < 4.78 is 1.72. The number of nitrogens with two attached hydrogens (primary N) is 1. The zero-order valence-corrected chi connectivity index (χ0v) is 13.0. The van der Waals surface area contributed by atoms with Crippen LogP contribution >= 0.6 is 0 Å². The highest BCUT2D eigenvalue weighted by molar-refractivity contribution is 5.33. The Morgan fingerprint density at radius 3 is 2.90 bits per heavy atom. The molecule has 3 rings (SSSR count). The number of aryl methyl sites for hydroxylation is 1. The summed E-state index contributed by atoms with van der Waals surface area (Å²) >= 11 is 0. The van der Waals surface area contributed by atoms with Crippen LogP contribution in [0.3, 0.4) is 0 Å². The highest BCUT2D eigenvalue weighted by Crippen LogP contribution is 2.48. The Morgan fingerprint density at radius 1 is 1.33 bits per heavy atom. The first-order chi connectivity index (χ1) is 10.1. The molecule has 4 nitrogen and oxygen atoms in total. The SMILES string of the molecule is CN(CCCn1cc(N)ccc1=O)CC1CC2CCC1C2. The fourth-order valence-corrected chi connectivity index (χ4v) is 4.33. The minimum Gasteiger partial charge on any atom is -0.398 e. The Balaban J connectivity index is 1.43. The lowest BCUT2D eigenvalue weighted by Crippen LogP contribution is -2.30. The van der Waals surface area contributed by atoms with E-state index in [1.807, 2.05) is 0 Å². The second-order valence-electron chi connectivity index (χ2n) is 7.04. The number of nitrogens with zero attached hydrogens (tertiary/aromatic N) is 2. The molecule has 21 heavy (non-hydrogen) atoms. The first kappa shape index (κ1) is 14.6. The van der Waals surface area contributed by atoms with Crippen molar-refractivity contribution in [3.8, 4) is 0 Å². The molecular formula is C17H27N3O. The summed E-state index contributed by atoms with van der Waals surface area (Å²) in [6, 6.07) is 3.22. The molecule has 0 amide bonds. The van der Waals surface area contributed by atoms with E-state index in [0.717, 1.165) is 37.3 Å². The monoisotopic (exact) mass is 289 g/mol. The van der Waals surface area contributed by atoms with Crippen LogP contribution in [-0.4, -0.2) is 29.6 Å². The van der Waals surface area contributed by atoms with Crippen molar-refractivity contribution in [3.63, 3.8) is 0 Å². The van der Waals surface area contributed by atoms with Crippen LogP contribution in [0, 0.1) is 17.8 Å². The van der Waals surface area contributed by atoms with Gasteiger partial charge in [-0.05, 0) is 63.1 Å². The van der Waals surface area contributed by atoms with Gasteiger partial charge < -0.3 is 15.2 Å². The zero-order valence-electron chi connectivity index (χ0n) is 13.0. The number of hydrogen-bond donors (Lipinski definition) is 1. The molecule has 0 saturated heterocycles. The van der Waals surface area contributed by atoms with Crippen LogP contribution in [0.2, 0.25) is 0 Å². The van der Waals surface area contributed by atoms with Gasteiger partial charge in [0.25, 0.3) is 5.56 Å². The van der Waals surface area contributed by atoms with Crippen molar-refractivity contribution in [2.75, 3.05) is 25.9 Å². The van der Waals surface area contributed by atoms with E-state index in [0.29, 0.717) is 5.69 Å². The van der Waals surface area contributed by atoms with Crippen molar-refractivity contribution >= 4 is 5.69 Å². The molecule has 2 aliphatic carbocycles. The Bertz CT molecular complexity index is 539. The highest BCUT2D eigenvalue weighted by Gasteiger charge is 2.39. The van der Waals surface area contributed by atoms with E-state index in [2.05, 4.69) is 11.9 Å². The molecule has 1 heterocycles. The van der Waals surface area contributed by atoms with Gasteiger partial charge in [0.15, 0.2) is 0 Å². The van der Waals surface area contributed by atoms with Crippen molar-refractivity contribution in [2.45, 2.75) is 38.6 Å². The Morgan fingerprint density at radius 2 is 2.19 bits per heavy atom. The average Bonchev–Trinajstić information content (AvgIpc) is 3.05. The van der Waals surface area contributed by atoms with Crippen molar-refractivity contribution < 1.29 is 0 Å². The smallest absolute Gasteiger partial charge is 0.250 e. The molecule has 4 heteroatoms. The number of pyridine rings is 1. The summed E-state index contributed by atoms with van der Waals surface area (Å²) in [5, 5.41) is 0. The van der Waals surface area contributed by atoms with Crippen molar-refractivity contribution in [1.82, 2.24) is 9.47 Å². The van der Waals surface area contributed by atoms with Gasteiger partial charge in [-0.1, -0.05) is 6.42 Å². The van der Waals surface area contributed by atoms with E-state index in [9.17, 15) is 4.79 Å². The Labute approximate surface area is 126 Å². The molecule has 3 atom stereocenters. The maximum Gasteiger partial charge on any atom is 0.250 e. The molecule has 2 saturated carbocycles. The maximum atomic E-state index is 11.7. The lowest BCUT2D eigenvalue weighted by Gasteiger charge is -2.27. The van der Waals surface area contributed by atoms with Crippen LogP contribution in [0.5, 0.6) is 0 Å². The van der Waals surface area contributed by atoms with Crippen LogP contribution in [0.25, 0.3) is 0 Å². The largest absolute Gasteiger partial charge is 0.398 e. The second kappa shape index (κ2) is 6.22. The van der Waals surface area contributed by atoms with Gasteiger partial charge in [0, 0.05) is 31.0 Å². The molecule has 3 unspecified atom stereocenters. The summed E-state index contributed by atoms with van der Waals surface area (Å²) in [6.45, 7) is 3.03. The summed E-state index contributed by atoms with van der Waals surface area (Å²) in [5.41, 5.74) is 6.43. The van der Waals surface area contributed by atoms with Gasteiger partial charge in [-0.3, -0.25) is 4.79 Å². The predicted octanol–water partition coefficient (Wildman–Crippen LogP) is 2.19. The molecule has 2 fully saturated rings. The second-order valence-corrected chi connectivity index (χ2v) is 7.04. The van der Waals surface area contributed by atoms with Crippen LogP contribution < -0.4 is 11.3 Å². The Kier molecular flexibility index (Phi) is 4.34. The van der Waals surface area contributed by atoms with Crippen molar-refractivity contribution in [2.24, 2.45) is 17.8 Å². The first-order valence-corrected chi connectivity index (χ1v) is 8.26. The third-order valence-electron chi connectivity index (χ3n) is 5.38.